The molecule has 1 saturated heterocycles. The minimum absolute atomic E-state index is 0.0104. The summed E-state index contributed by atoms with van der Waals surface area (Å²) in [7, 11) is -3.09. The molecular formula is C24H25FN2O8S. The van der Waals surface area contributed by atoms with E-state index in [-0.39, 0.29) is 40.8 Å². The second kappa shape index (κ2) is 9.25. The molecule has 1 amide bonds. The molecule has 2 fully saturated rings. The number of hydrogen-bond donors (Lipinski definition) is 2. The zero-order chi connectivity index (χ0) is 25.6. The molecule has 2 N–H and O–H groups in total. The zero-order valence-electron chi connectivity index (χ0n) is 19.4. The molecule has 0 bridgehead atoms. The number of rotatable bonds is 7. The summed E-state index contributed by atoms with van der Waals surface area (Å²) in [5, 5.41) is 9.11. The van der Waals surface area contributed by atoms with Crippen molar-refractivity contribution >= 4 is 27.8 Å². The summed E-state index contributed by atoms with van der Waals surface area (Å²) in [6.45, 7) is 0.642. The molecule has 2 aliphatic heterocycles. The Morgan fingerprint density at radius 1 is 1.28 bits per heavy atom. The molecule has 5 rings (SSSR count). The molecule has 3 aliphatic rings. The third-order valence-corrected chi connectivity index (χ3v) is 8.25. The number of nitrogens with zero attached hydrogens (tertiary/aromatic N) is 1. The van der Waals surface area contributed by atoms with E-state index in [1.54, 1.807) is 6.07 Å². The van der Waals surface area contributed by atoms with Crippen molar-refractivity contribution in [1.82, 2.24) is 4.90 Å². The van der Waals surface area contributed by atoms with Crippen LogP contribution in [0.1, 0.15) is 40.2 Å². The molecule has 2 aromatic carbocycles. The maximum atomic E-state index is 14.0. The summed E-state index contributed by atoms with van der Waals surface area (Å²) in [6.07, 6.45) is -0.112. The molecule has 192 valence electrons. The minimum Gasteiger partial charge on any atom is -0.492 e. The standard InChI is InChI=1S/C24H25FN2O8S/c1-33-23(28)21-19(4-3-17-18-9-13(18)11-35-22(17)21)26-36(31,32)20-5-2-15(25)8-14(20)12-34-16-6-7-27(10-16)24(29)30/h2-5,8,13,16,18,26H,6-7,9-12H2,1H3,(H,29,30)/t13-,16-,18-/m0/s1. The van der Waals surface area contributed by atoms with Crippen molar-refractivity contribution in [2.24, 2.45) is 5.92 Å². The van der Waals surface area contributed by atoms with Crippen LogP contribution in [0.3, 0.4) is 0 Å². The van der Waals surface area contributed by atoms with E-state index in [2.05, 4.69) is 4.72 Å². The lowest BCUT2D eigenvalue weighted by Crippen LogP contribution is -2.28. The number of sulfonamides is 1. The molecule has 12 heteroatoms. The topological polar surface area (TPSA) is 131 Å². The molecule has 0 aromatic heterocycles. The van der Waals surface area contributed by atoms with Gasteiger partial charge in [0.05, 0.1) is 43.6 Å². The van der Waals surface area contributed by atoms with Crippen LogP contribution in [0.15, 0.2) is 35.2 Å². The van der Waals surface area contributed by atoms with E-state index in [9.17, 15) is 22.4 Å². The fourth-order valence-corrected chi connectivity index (χ4v) is 6.09. The lowest BCUT2D eigenvalue weighted by atomic mass is 10.0. The van der Waals surface area contributed by atoms with Crippen LogP contribution in [0.2, 0.25) is 0 Å². The number of hydrogen-bond acceptors (Lipinski definition) is 7. The summed E-state index contributed by atoms with van der Waals surface area (Å²) >= 11 is 0. The summed E-state index contributed by atoms with van der Waals surface area (Å²) in [6, 6.07) is 6.45. The predicted molar refractivity (Wildman–Crippen MR) is 124 cm³/mol. The molecule has 0 radical (unpaired) electrons. The van der Waals surface area contributed by atoms with Gasteiger partial charge in [0, 0.05) is 18.0 Å². The Bertz CT molecular complexity index is 1330. The molecule has 2 aromatic rings. The number of nitrogens with one attached hydrogen (secondary N) is 1. The van der Waals surface area contributed by atoms with Gasteiger partial charge in [0.25, 0.3) is 10.0 Å². The van der Waals surface area contributed by atoms with Gasteiger partial charge >= 0.3 is 12.1 Å². The number of fused-ring (bicyclic) bond motifs is 3. The van der Waals surface area contributed by atoms with Gasteiger partial charge in [0.15, 0.2) is 0 Å². The maximum absolute atomic E-state index is 14.0. The predicted octanol–water partition coefficient (Wildman–Crippen LogP) is 3.18. The average molecular weight is 521 g/mol. The van der Waals surface area contributed by atoms with Crippen LogP contribution in [0.4, 0.5) is 14.9 Å². The van der Waals surface area contributed by atoms with E-state index < -0.39 is 34.0 Å². The number of likely N-dealkylation sites (tertiary alicyclic amines) is 1. The zero-order valence-corrected chi connectivity index (χ0v) is 20.2. The first-order valence-electron chi connectivity index (χ1n) is 11.5. The lowest BCUT2D eigenvalue weighted by molar-refractivity contribution is 0.0453. The fourth-order valence-electron chi connectivity index (χ4n) is 4.81. The number of anilines is 1. The van der Waals surface area contributed by atoms with Gasteiger partial charge in [-0.1, -0.05) is 6.07 Å². The third-order valence-electron chi connectivity index (χ3n) is 6.79. The molecule has 1 saturated carbocycles. The maximum Gasteiger partial charge on any atom is 0.407 e. The van der Waals surface area contributed by atoms with E-state index in [1.807, 2.05) is 0 Å². The van der Waals surface area contributed by atoms with E-state index in [1.165, 1.54) is 18.1 Å². The Balaban J connectivity index is 1.42. The van der Waals surface area contributed by atoms with E-state index >= 15 is 0 Å². The van der Waals surface area contributed by atoms with Gasteiger partial charge in [-0.25, -0.2) is 22.4 Å². The highest BCUT2D eigenvalue weighted by atomic mass is 32.2. The highest BCUT2D eigenvalue weighted by molar-refractivity contribution is 7.92. The Morgan fingerprint density at radius 2 is 2.08 bits per heavy atom. The molecule has 10 nitrogen and oxygen atoms in total. The van der Waals surface area contributed by atoms with Crippen LogP contribution in [0.25, 0.3) is 0 Å². The van der Waals surface area contributed by atoms with Gasteiger partial charge < -0.3 is 24.2 Å². The van der Waals surface area contributed by atoms with Crippen LogP contribution in [0, 0.1) is 11.7 Å². The Labute approximate surface area is 207 Å². The molecule has 0 unspecified atom stereocenters. The van der Waals surface area contributed by atoms with Crippen LogP contribution in [-0.2, 0) is 26.1 Å². The van der Waals surface area contributed by atoms with Crippen molar-refractivity contribution in [3.8, 4) is 5.75 Å². The number of methoxy groups -OCH3 is 1. The SMILES string of the molecule is COC(=O)c1c(NS(=O)(=O)c2ccc(F)cc2CO[C@H]2CCN(C(=O)O)C2)ccc2c1OC[C@@H]1C[C@H]21. The largest absolute Gasteiger partial charge is 0.492 e. The number of benzene rings is 2. The van der Waals surface area contributed by atoms with Gasteiger partial charge in [0.2, 0.25) is 0 Å². The van der Waals surface area contributed by atoms with E-state index in [4.69, 9.17) is 19.3 Å². The van der Waals surface area contributed by atoms with Crippen molar-refractivity contribution in [1.29, 1.82) is 0 Å². The summed E-state index contributed by atoms with van der Waals surface area (Å²) < 4.78 is 59.7. The molecule has 2 heterocycles. The molecule has 0 spiro atoms. The van der Waals surface area contributed by atoms with Crippen molar-refractivity contribution < 1.29 is 41.7 Å². The Morgan fingerprint density at radius 3 is 2.81 bits per heavy atom. The van der Waals surface area contributed by atoms with E-state index in [0.29, 0.717) is 31.2 Å². The van der Waals surface area contributed by atoms with Crippen LogP contribution in [-0.4, -0.2) is 63.4 Å². The lowest BCUT2D eigenvalue weighted by Gasteiger charge is -2.22. The quantitative estimate of drug-likeness (QED) is 0.532. The van der Waals surface area contributed by atoms with Gasteiger partial charge in [-0.2, -0.15) is 0 Å². The number of halogens is 1. The number of esters is 1. The number of amides is 1. The van der Waals surface area contributed by atoms with E-state index in [0.717, 1.165) is 30.2 Å². The molecular weight excluding hydrogens is 495 g/mol. The van der Waals surface area contributed by atoms with Crippen molar-refractivity contribution in [2.45, 2.75) is 36.4 Å². The first-order valence-corrected chi connectivity index (χ1v) is 12.9. The van der Waals surface area contributed by atoms with Gasteiger partial charge in [0.1, 0.15) is 17.1 Å². The summed E-state index contributed by atoms with van der Waals surface area (Å²) in [5.41, 5.74) is 0.885. The molecule has 3 atom stereocenters. The second-order valence-corrected chi connectivity index (χ2v) is 10.8. The number of carbonyl (C=O) groups is 2. The number of ether oxygens (including phenoxy) is 3. The average Bonchev–Trinajstić information content (AvgIpc) is 3.49. The van der Waals surface area contributed by atoms with Gasteiger partial charge in [-0.05, 0) is 48.6 Å². The normalized spacial score (nSPS) is 22.3. The van der Waals surface area contributed by atoms with Crippen LogP contribution >= 0.6 is 0 Å². The molecule has 1 aliphatic carbocycles. The monoisotopic (exact) mass is 520 g/mol. The molecule has 36 heavy (non-hydrogen) atoms. The Kier molecular flexibility index (Phi) is 6.25. The van der Waals surface area contributed by atoms with Crippen molar-refractivity contribution in [2.75, 3.05) is 31.5 Å². The van der Waals surface area contributed by atoms with Gasteiger partial charge in [-0.15, -0.1) is 0 Å². The second-order valence-electron chi connectivity index (χ2n) is 9.12. The fraction of sp³-hybridized carbons (Fsp3) is 0.417. The third kappa shape index (κ3) is 4.58. The highest BCUT2D eigenvalue weighted by Gasteiger charge is 2.45. The first-order chi connectivity index (χ1) is 17.2. The van der Waals surface area contributed by atoms with Crippen molar-refractivity contribution in [3.05, 3.63) is 52.8 Å². The summed E-state index contributed by atoms with van der Waals surface area (Å²) in [5.74, 6) is -0.406. The van der Waals surface area contributed by atoms with Crippen molar-refractivity contribution in [3.63, 3.8) is 0 Å². The Hall–Kier alpha value is -3.38. The number of carbonyl (C=O) groups excluding carboxylic acids is 1. The summed E-state index contributed by atoms with van der Waals surface area (Å²) in [4.78, 5) is 24.7. The smallest absolute Gasteiger partial charge is 0.407 e. The number of carboxylic acid groups (broad SMARTS) is 1. The first kappa shape index (κ1) is 24.3. The highest BCUT2D eigenvalue weighted by Crippen LogP contribution is 2.55. The van der Waals surface area contributed by atoms with Crippen LogP contribution in [0.5, 0.6) is 5.75 Å². The minimum atomic E-state index is -4.29. The van der Waals surface area contributed by atoms with Crippen LogP contribution < -0.4 is 9.46 Å². The van der Waals surface area contributed by atoms with Gasteiger partial charge in [-0.3, -0.25) is 4.72 Å².